The lowest BCUT2D eigenvalue weighted by Gasteiger charge is -2.32. The predicted molar refractivity (Wildman–Crippen MR) is 90.9 cm³/mol. The van der Waals surface area contributed by atoms with Gasteiger partial charge in [0.15, 0.2) is 0 Å². The van der Waals surface area contributed by atoms with Gasteiger partial charge in [-0.1, -0.05) is 12.1 Å². The minimum Gasteiger partial charge on any atom is -0.493 e. The van der Waals surface area contributed by atoms with Gasteiger partial charge in [0.1, 0.15) is 5.75 Å². The number of carbonyl (C=O) groups is 1. The fraction of sp³-hybridized carbons (Fsp3) is 0.611. The highest BCUT2D eigenvalue weighted by Crippen LogP contribution is 2.25. The number of hydrogen-bond acceptors (Lipinski definition) is 4. The Balaban J connectivity index is 1.33. The molecular formula is C18H27N3O2. The van der Waals surface area contributed by atoms with E-state index in [0.29, 0.717) is 6.42 Å². The number of hydrogen-bond donors (Lipinski definition) is 1. The molecule has 1 N–H and O–H groups in total. The summed E-state index contributed by atoms with van der Waals surface area (Å²) in [6.07, 6.45) is 2.44. The first kappa shape index (κ1) is 16.3. The molecule has 0 radical (unpaired) electrons. The molecule has 5 heteroatoms. The van der Waals surface area contributed by atoms with Crippen LogP contribution in [-0.4, -0.2) is 68.6 Å². The molecule has 0 spiro atoms. The molecule has 2 aliphatic rings. The number of fused-ring (bicyclic) bond motifs is 1. The molecule has 5 nitrogen and oxygen atoms in total. The van der Waals surface area contributed by atoms with Crippen molar-refractivity contribution in [2.24, 2.45) is 0 Å². The monoisotopic (exact) mass is 317 g/mol. The second-order valence-electron chi connectivity index (χ2n) is 6.57. The standard InChI is InChI=1S/C18H27N3O2/c1-20-8-10-21(11-9-20)7-2-6-19-18(22)14-15-3-4-17-16(13-15)5-12-23-17/h3-4,13H,2,5-12,14H2,1H3,(H,19,22). The third kappa shape index (κ3) is 4.69. The van der Waals surface area contributed by atoms with Crippen LogP contribution in [0.4, 0.5) is 0 Å². The smallest absolute Gasteiger partial charge is 0.224 e. The van der Waals surface area contributed by atoms with E-state index in [1.54, 1.807) is 0 Å². The summed E-state index contributed by atoms with van der Waals surface area (Å²) in [4.78, 5) is 16.9. The molecule has 1 aromatic carbocycles. The van der Waals surface area contributed by atoms with E-state index in [2.05, 4.69) is 28.2 Å². The molecule has 0 aromatic heterocycles. The second-order valence-corrected chi connectivity index (χ2v) is 6.57. The van der Waals surface area contributed by atoms with Crippen LogP contribution >= 0.6 is 0 Å². The van der Waals surface area contributed by atoms with Crippen molar-refractivity contribution in [2.75, 3.05) is 52.9 Å². The zero-order valence-corrected chi connectivity index (χ0v) is 14.0. The summed E-state index contributed by atoms with van der Waals surface area (Å²) in [6.45, 7) is 7.17. The fourth-order valence-electron chi connectivity index (χ4n) is 3.20. The highest BCUT2D eigenvalue weighted by Gasteiger charge is 2.14. The fourth-order valence-corrected chi connectivity index (χ4v) is 3.20. The van der Waals surface area contributed by atoms with Gasteiger partial charge in [-0.25, -0.2) is 0 Å². The number of ether oxygens (including phenoxy) is 1. The van der Waals surface area contributed by atoms with Gasteiger partial charge in [-0.3, -0.25) is 4.79 Å². The summed E-state index contributed by atoms with van der Waals surface area (Å²) in [5, 5.41) is 3.04. The normalized spacial score (nSPS) is 18.5. The molecule has 0 bridgehead atoms. The Morgan fingerprint density at radius 3 is 2.91 bits per heavy atom. The van der Waals surface area contributed by atoms with Gasteiger partial charge in [-0.05, 0) is 37.2 Å². The maximum absolute atomic E-state index is 12.0. The summed E-state index contributed by atoms with van der Waals surface area (Å²) < 4.78 is 5.49. The van der Waals surface area contributed by atoms with Crippen molar-refractivity contribution >= 4 is 5.91 Å². The van der Waals surface area contributed by atoms with E-state index in [4.69, 9.17) is 4.74 Å². The molecule has 1 fully saturated rings. The highest BCUT2D eigenvalue weighted by molar-refractivity contribution is 5.78. The Bertz CT molecular complexity index is 539. The van der Waals surface area contributed by atoms with Crippen LogP contribution in [0.15, 0.2) is 18.2 Å². The third-order valence-electron chi connectivity index (χ3n) is 4.69. The van der Waals surface area contributed by atoms with E-state index in [1.807, 2.05) is 12.1 Å². The Hall–Kier alpha value is -1.59. The first-order valence-electron chi connectivity index (χ1n) is 8.63. The van der Waals surface area contributed by atoms with E-state index < -0.39 is 0 Å². The average Bonchev–Trinajstić information content (AvgIpc) is 3.01. The molecule has 0 atom stereocenters. The van der Waals surface area contributed by atoms with E-state index in [-0.39, 0.29) is 5.91 Å². The first-order chi connectivity index (χ1) is 11.2. The quantitative estimate of drug-likeness (QED) is 0.793. The predicted octanol–water partition coefficient (Wildman–Crippen LogP) is 0.918. The summed E-state index contributed by atoms with van der Waals surface area (Å²) in [7, 11) is 2.17. The Morgan fingerprint density at radius 2 is 2.09 bits per heavy atom. The SMILES string of the molecule is CN1CCN(CCCNC(=O)Cc2ccc3c(c2)CCO3)CC1. The number of carbonyl (C=O) groups excluding carboxylic acids is 1. The van der Waals surface area contributed by atoms with Crippen molar-refractivity contribution in [3.8, 4) is 5.75 Å². The van der Waals surface area contributed by atoms with Crippen molar-refractivity contribution < 1.29 is 9.53 Å². The van der Waals surface area contributed by atoms with Gasteiger partial charge in [-0.15, -0.1) is 0 Å². The van der Waals surface area contributed by atoms with Gasteiger partial charge in [0, 0.05) is 39.1 Å². The largest absolute Gasteiger partial charge is 0.493 e. The third-order valence-corrected chi connectivity index (χ3v) is 4.69. The number of nitrogens with zero attached hydrogens (tertiary/aromatic N) is 2. The van der Waals surface area contributed by atoms with Crippen molar-refractivity contribution in [3.05, 3.63) is 29.3 Å². The summed E-state index contributed by atoms with van der Waals surface area (Å²) in [5.41, 5.74) is 2.30. The van der Waals surface area contributed by atoms with E-state index in [1.165, 1.54) is 5.56 Å². The van der Waals surface area contributed by atoms with Gasteiger partial charge in [0.25, 0.3) is 0 Å². The first-order valence-corrected chi connectivity index (χ1v) is 8.63. The number of rotatable bonds is 6. The number of benzene rings is 1. The minimum absolute atomic E-state index is 0.113. The van der Waals surface area contributed by atoms with Crippen LogP contribution in [0.5, 0.6) is 5.75 Å². The molecule has 126 valence electrons. The zero-order valence-electron chi connectivity index (χ0n) is 14.0. The summed E-state index contributed by atoms with van der Waals surface area (Å²) in [5.74, 6) is 1.09. The topological polar surface area (TPSA) is 44.8 Å². The van der Waals surface area contributed by atoms with Crippen LogP contribution in [0.2, 0.25) is 0 Å². The lowest BCUT2D eigenvalue weighted by atomic mass is 10.1. The minimum atomic E-state index is 0.113. The van der Waals surface area contributed by atoms with Crippen LogP contribution in [0.25, 0.3) is 0 Å². The number of likely N-dealkylation sites (N-methyl/N-ethyl adjacent to an activating group) is 1. The lowest BCUT2D eigenvalue weighted by Crippen LogP contribution is -2.45. The number of piperazine rings is 1. The van der Waals surface area contributed by atoms with Crippen molar-refractivity contribution in [3.63, 3.8) is 0 Å². The van der Waals surface area contributed by atoms with Crippen LogP contribution in [0.3, 0.4) is 0 Å². The molecule has 0 unspecified atom stereocenters. The Kier molecular flexibility index (Phi) is 5.51. The molecule has 3 rings (SSSR count). The van der Waals surface area contributed by atoms with Crippen LogP contribution in [0, 0.1) is 0 Å². The molecule has 0 aliphatic carbocycles. The van der Waals surface area contributed by atoms with Crippen molar-refractivity contribution in [1.29, 1.82) is 0 Å². The average molecular weight is 317 g/mol. The number of nitrogens with one attached hydrogen (secondary N) is 1. The Morgan fingerprint density at radius 1 is 1.26 bits per heavy atom. The van der Waals surface area contributed by atoms with Crippen LogP contribution < -0.4 is 10.1 Å². The van der Waals surface area contributed by atoms with Crippen LogP contribution in [0.1, 0.15) is 17.5 Å². The van der Waals surface area contributed by atoms with Crippen molar-refractivity contribution in [1.82, 2.24) is 15.1 Å². The molecule has 1 saturated heterocycles. The lowest BCUT2D eigenvalue weighted by molar-refractivity contribution is -0.120. The van der Waals surface area contributed by atoms with Crippen LogP contribution in [-0.2, 0) is 17.6 Å². The summed E-state index contributed by atoms with van der Waals surface area (Å²) in [6, 6.07) is 6.08. The molecule has 0 saturated carbocycles. The zero-order chi connectivity index (χ0) is 16.1. The Labute approximate surface area is 138 Å². The van der Waals surface area contributed by atoms with E-state index in [9.17, 15) is 4.79 Å². The molecule has 1 aromatic rings. The van der Waals surface area contributed by atoms with Gasteiger partial charge >= 0.3 is 0 Å². The van der Waals surface area contributed by atoms with Gasteiger partial charge < -0.3 is 19.9 Å². The van der Waals surface area contributed by atoms with Gasteiger partial charge in [-0.2, -0.15) is 0 Å². The van der Waals surface area contributed by atoms with Crippen molar-refractivity contribution in [2.45, 2.75) is 19.3 Å². The molecule has 1 amide bonds. The maximum atomic E-state index is 12.0. The highest BCUT2D eigenvalue weighted by atomic mass is 16.5. The second kappa shape index (κ2) is 7.79. The molecule has 2 heterocycles. The maximum Gasteiger partial charge on any atom is 0.224 e. The van der Waals surface area contributed by atoms with Gasteiger partial charge in [0.2, 0.25) is 5.91 Å². The molecule has 23 heavy (non-hydrogen) atoms. The molecule has 2 aliphatic heterocycles. The number of amides is 1. The molecular weight excluding hydrogens is 290 g/mol. The van der Waals surface area contributed by atoms with Gasteiger partial charge in [0.05, 0.1) is 13.0 Å². The summed E-state index contributed by atoms with van der Waals surface area (Å²) >= 11 is 0. The van der Waals surface area contributed by atoms with E-state index >= 15 is 0 Å². The van der Waals surface area contributed by atoms with E-state index in [0.717, 1.165) is 70.0 Å².